The highest BCUT2D eigenvalue weighted by Crippen LogP contribution is 2.16. The number of aliphatic carboxylic acids is 1. The maximum atomic E-state index is 11.7. The van der Waals surface area contributed by atoms with Gasteiger partial charge in [0.15, 0.2) is 0 Å². The highest BCUT2D eigenvalue weighted by molar-refractivity contribution is 5.93. The van der Waals surface area contributed by atoms with E-state index in [-0.39, 0.29) is 24.2 Å². The van der Waals surface area contributed by atoms with Gasteiger partial charge in [0.2, 0.25) is 11.9 Å². The third-order valence-corrected chi connectivity index (χ3v) is 2.19. The number of hydrogen-bond donors (Lipinski definition) is 3. The molecule has 0 aliphatic rings. The van der Waals surface area contributed by atoms with Gasteiger partial charge in [-0.2, -0.15) is 0 Å². The molecule has 1 aromatic heterocycles. The minimum atomic E-state index is -0.994. The first kappa shape index (κ1) is 12.2. The van der Waals surface area contributed by atoms with Crippen LogP contribution < -0.4 is 5.32 Å². The number of carboxylic acid groups (broad SMARTS) is 1. The molecule has 1 rings (SSSR count). The highest BCUT2D eigenvalue weighted by Gasteiger charge is 2.25. The highest BCUT2D eigenvalue weighted by atomic mass is 16.4. The summed E-state index contributed by atoms with van der Waals surface area (Å²) in [4.78, 5) is 24.9. The van der Waals surface area contributed by atoms with Crippen molar-refractivity contribution < 1.29 is 14.7 Å². The molecule has 0 aliphatic heterocycles. The van der Waals surface area contributed by atoms with E-state index in [0.29, 0.717) is 0 Å². The molecule has 1 atom stereocenters. The molecule has 1 aromatic rings. The van der Waals surface area contributed by atoms with Gasteiger partial charge in [-0.1, -0.05) is 13.8 Å². The zero-order chi connectivity index (χ0) is 12.1. The number of carbonyl (C=O) groups excluding carboxylic acids is 1. The first-order chi connectivity index (χ1) is 7.50. The van der Waals surface area contributed by atoms with Crippen molar-refractivity contribution in [3.8, 4) is 0 Å². The molecule has 0 fully saturated rings. The first-order valence-electron chi connectivity index (χ1n) is 4.89. The predicted octanol–water partition coefficient (Wildman–Crippen LogP) is 0.490. The number of carbonyl (C=O) groups is 2. The zero-order valence-electron chi connectivity index (χ0n) is 9.10. The van der Waals surface area contributed by atoms with Crippen molar-refractivity contribution in [3.63, 3.8) is 0 Å². The van der Waals surface area contributed by atoms with Crippen molar-refractivity contribution in [2.24, 2.45) is 11.8 Å². The Bertz CT molecular complexity index is 361. The van der Waals surface area contributed by atoms with Gasteiger partial charge in [0.05, 0.1) is 12.3 Å². The average Bonchev–Trinajstić information content (AvgIpc) is 2.65. The van der Waals surface area contributed by atoms with Crippen molar-refractivity contribution >= 4 is 17.8 Å². The van der Waals surface area contributed by atoms with Crippen LogP contribution in [0.15, 0.2) is 6.33 Å². The Balaban J connectivity index is 2.64. The minimum Gasteiger partial charge on any atom is -0.481 e. The smallest absolute Gasteiger partial charge is 0.304 e. The Morgan fingerprint density at radius 3 is 2.69 bits per heavy atom. The maximum absolute atomic E-state index is 11.7. The molecule has 0 aromatic carbocycles. The van der Waals surface area contributed by atoms with Crippen molar-refractivity contribution in [1.82, 2.24) is 15.2 Å². The van der Waals surface area contributed by atoms with Crippen molar-refractivity contribution in [2.75, 3.05) is 5.32 Å². The van der Waals surface area contributed by atoms with Gasteiger partial charge in [-0.3, -0.25) is 14.9 Å². The second-order valence-corrected chi connectivity index (χ2v) is 3.78. The second kappa shape index (κ2) is 5.24. The number of hydrogen-bond acceptors (Lipinski definition) is 4. The Morgan fingerprint density at radius 2 is 2.25 bits per heavy atom. The molecule has 0 radical (unpaired) electrons. The molecule has 0 bridgehead atoms. The van der Waals surface area contributed by atoms with E-state index in [1.807, 2.05) is 0 Å². The fourth-order valence-corrected chi connectivity index (χ4v) is 1.30. The predicted molar refractivity (Wildman–Crippen MR) is 55.6 cm³/mol. The summed E-state index contributed by atoms with van der Waals surface area (Å²) in [7, 11) is 0. The van der Waals surface area contributed by atoms with Crippen LogP contribution in [0.4, 0.5) is 5.95 Å². The van der Waals surface area contributed by atoms with Crippen LogP contribution in [0.1, 0.15) is 20.3 Å². The van der Waals surface area contributed by atoms with Gasteiger partial charge >= 0.3 is 5.97 Å². The van der Waals surface area contributed by atoms with Crippen LogP contribution in [0.3, 0.4) is 0 Å². The quantitative estimate of drug-likeness (QED) is 0.677. The van der Waals surface area contributed by atoms with E-state index in [9.17, 15) is 9.59 Å². The van der Waals surface area contributed by atoms with E-state index >= 15 is 0 Å². The molecule has 0 saturated heterocycles. The molecular weight excluding hydrogens is 212 g/mol. The average molecular weight is 226 g/mol. The summed E-state index contributed by atoms with van der Waals surface area (Å²) in [6.07, 6.45) is 1.13. The summed E-state index contributed by atoms with van der Waals surface area (Å²) < 4.78 is 0. The summed E-state index contributed by atoms with van der Waals surface area (Å²) in [5.74, 6) is -1.77. The first-order valence-corrected chi connectivity index (χ1v) is 4.89. The lowest BCUT2D eigenvalue weighted by molar-refractivity contribution is -0.141. The maximum Gasteiger partial charge on any atom is 0.304 e. The molecule has 0 spiro atoms. The molecule has 0 saturated carbocycles. The van der Waals surface area contributed by atoms with E-state index < -0.39 is 11.9 Å². The van der Waals surface area contributed by atoms with E-state index in [1.54, 1.807) is 13.8 Å². The van der Waals surface area contributed by atoms with Crippen LogP contribution >= 0.6 is 0 Å². The number of aromatic nitrogens is 3. The fourth-order valence-electron chi connectivity index (χ4n) is 1.30. The number of rotatable bonds is 5. The number of amides is 1. The van der Waals surface area contributed by atoms with Crippen LogP contribution in [0.25, 0.3) is 0 Å². The minimum absolute atomic E-state index is 0.0565. The van der Waals surface area contributed by atoms with Gasteiger partial charge in [-0.15, -0.1) is 10.2 Å². The number of anilines is 1. The molecular formula is C9H14N4O3. The topological polar surface area (TPSA) is 108 Å². The van der Waals surface area contributed by atoms with Crippen LogP contribution in [0.5, 0.6) is 0 Å². The lowest BCUT2D eigenvalue weighted by Gasteiger charge is -2.17. The van der Waals surface area contributed by atoms with Crippen LogP contribution in [-0.2, 0) is 9.59 Å². The van der Waals surface area contributed by atoms with Gasteiger partial charge < -0.3 is 10.1 Å². The normalized spacial score (nSPS) is 12.4. The van der Waals surface area contributed by atoms with Crippen LogP contribution in [-0.4, -0.2) is 32.2 Å². The molecule has 1 amide bonds. The summed E-state index contributed by atoms with van der Waals surface area (Å²) in [5.41, 5.74) is 0. The molecule has 1 heterocycles. The molecule has 3 N–H and O–H groups in total. The van der Waals surface area contributed by atoms with Gasteiger partial charge in [0, 0.05) is 0 Å². The van der Waals surface area contributed by atoms with Gasteiger partial charge in [-0.25, -0.2) is 0 Å². The largest absolute Gasteiger partial charge is 0.481 e. The molecule has 1 unspecified atom stereocenters. The number of aromatic amines is 1. The molecule has 16 heavy (non-hydrogen) atoms. The van der Waals surface area contributed by atoms with Gasteiger partial charge in [0.25, 0.3) is 0 Å². The Labute approximate surface area is 92.3 Å². The lowest BCUT2D eigenvalue weighted by atomic mass is 9.92. The Hall–Kier alpha value is -1.92. The van der Waals surface area contributed by atoms with Crippen molar-refractivity contribution in [2.45, 2.75) is 20.3 Å². The van der Waals surface area contributed by atoms with E-state index in [4.69, 9.17) is 5.11 Å². The Kier molecular flexibility index (Phi) is 3.98. The van der Waals surface area contributed by atoms with Crippen molar-refractivity contribution in [3.05, 3.63) is 6.33 Å². The van der Waals surface area contributed by atoms with E-state index in [1.165, 1.54) is 6.33 Å². The standard InChI is InChI=1S/C9H14N4O3/c1-5(2)6(3-7(14)15)8(16)12-9-10-4-11-13-9/h4-6H,3H2,1-2H3,(H,14,15)(H2,10,11,12,13,16). The molecule has 7 nitrogen and oxygen atoms in total. The molecule has 0 aliphatic carbocycles. The lowest BCUT2D eigenvalue weighted by Crippen LogP contribution is -2.29. The van der Waals surface area contributed by atoms with E-state index in [0.717, 1.165) is 0 Å². The summed E-state index contributed by atoms with van der Waals surface area (Å²) in [5, 5.41) is 18.3. The third-order valence-electron chi connectivity index (χ3n) is 2.19. The van der Waals surface area contributed by atoms with Crippen molar-refractivity contribution in [1.29, 1.82) is 0 Å². The van der Waals surface area contributed by atoms with Gasteiger partial charge in [-0.05, 0) is 5.92 Å². The number of carboxylic acids is 1. The number of nitrogens with zero attached hydrogens (tertiary/aromatic N) is 2. The monoisotopic (exact) mass is 226 g/mol. The number of nitrogens with one attached hydrogen (secondary N) is 2. The molecule has 7 heteroatoms. The number of H-pyrrole nitrogens is 1. The summed E-state index contributed by atoms with van der Waals surface area (Å²) in [6.45, 7) is 3.60. The van der Waals surface area contributed by atoms with Crippen LogP contribution in [0, 0.1) is 11.8 Å². The Morgan fingerprint density at radius 1 is 1.56 bits per heavy atom. The molecule has 88 valence electrons. The fraction of sp³-hybridized carbons (Fsp3) is 0.556. The zero-order valence-corrected chi connectivity index (χ0v) is 9.10. The van der Waals surface area contributed by atoms with E-state index in [2.05, 4.69) is 20.5 Å². The second-order valence-electron chi connectivity index (χ2n) is 3.78. The van der Waals surface area contributed by atoms with Gasteiger partial charge in [0.1, 0.15) is 6.33 Å². The summed E-state index contributed by atoms with van der Waals surface area (Å²) >= 11 is 0. The third kappa shape index (κ3) is 3.34. The summed E-state index contributed by atoms with van der Waals surface area (Å²) in [6, 6.07) is 0. The van der Waals surface area contributed by atoms with Crippen LogP contribution in [0.2, 0.25) is 0 Å². The SMILES string of the molecule is CC(C)C(CC(=O)O)C(=O)Nc1nnc[nH]1.